The standard InChI is InChI=1S/C13H18O3.C11H12O3.C9H16O2.C7H10O2.V/c1-3-11(2)13(14)16-10-9-15-12-7-5-4-6-8-12;1-2-11(12)14-9-8-13-10-6-4-3-5-7-10;1-5-7-11-8(10)9(3,4)6-2;1-4-5-9-7(8)6(2)3;/h4-8,11H,3,9-10H2,1-2H3;2-7H,1,8-9H2;5H,1,6-7H2,2-4H3;4H,1-2,5H2,3H3;. The van der Waals surface area contributed by atoms with Crippen molar-refractivity contribution in [1.29, 1.82) is 0 Å². The van der Waals surface area contributed by atoms with Gasteiger partial charge in [0.25, 0.3) is 0 Å². The molecule has 0 aliphatic rings. The maximum absolute atomic E-state index is 11.3. The molecule has 1 unspecified atom stereocenters. The summed E-state index contributed by atoms with van der Waals surface area (Å²) in [6, 6.07) is 18.8. The van der Waals surface area contributed by atoms with E-state index < -0.39 is 5.97 Å². The van der Waals surface area contributed by atoms with Crippen LogP contribution in [0.15, 0.2) is 111 Å². The quantitative estimate of drug-likeness (QED) is 0.0489. The Kier molecular flexibility index (Phi) is 32.6. The summed E-state index contributed by atoms with van der Waals surface area (Å²) in [7, 11) is 0. The first-order valence-electron chi connectivity index (χ1n) is 16.3. The maximum Gasteiger partial charge on any atom is 0.333 e. The Balaban J connectivity index is -0.000000612. The van der Waals surface area contributed by atoms with E-state index >= 15 is 0 Å². The third kappa shape index (κ3) is 29.0. The maximum atomic E-state index is 11.3. The normalized spacial score (nSPS) is 10.0. The summed E-state index contributed by atoms with van der Waals surface area (Å²) in [5.41, 5.74) is 0.0556. The van der Waals surface area contributed by atoms with Crippen molar-refractivity contribution in [1.82, 2.24) is 0 Å². The Morgan fingerprint density at radius 3 is 1.57 bits per heavy atom. The van der Waals surface area contributed by atoms with Crippen molar-refractivity contribution in [3.8, 4) is 11.5 Å². The van der Waals surface area contributed by atoms with Gasteiger partial charge in [0.15, 0.2) is 0 Å². The number of rotatable bonds is 18. The Bertz CT molecular complexity index is 1280. The van der Waals surface area contributed by atoms with Gasteiger partial charge in [-0.15, -0.1) is 0 Å². The zero-order chi connectivity index (χ0) is 38.2. The van der Waals surface area contributed by atoms with Gasteiger partial charge in [-0.1, -0.05) is 95.6 Å². The second-order valence-electron chi connectivity index (χ2n) is 11.0. The molecular weight excluding hydrogens is 691 g/mol. The minimum atomic E-state index is -0.429. The molecule has 0 aromatic heterocycles. The summed E-state index contributed by atoms with van der Waals surface area (Å²) in [5, 5.41) is 0. The molecule has 51 heavy (non-hydrogen) atoms. The van der Waals surface area contributed by atoms with E-state index in [4.69, 9.17) is 23.7 Å². The molecule has 2 aromatic rings. The van der Waals surface area contributed by atoms with E-state index in [1.807, 2.05) is 95.3 Å². The van der Waals surface area contributed by atoms with E-state index in [0.29, 0.717) is 32.0 Å². The number of carbonyl (C=O) groups excluding carboxylic acids is 4. The number of benzene rings is 2. The van der Waals surface area contributed by atoms with Crippen LogP contribution in [0.4, 0.5) is 0 Å². The Labute approximate surface area is 316 Å². The SMILES string of the molecule is C=CC(=O)OCCOc1ccccc1.C=CCOC(=O)C(=C)C.C=CCOC(=O)C(C)(C)CC.CCC(C)C(=O)OCCOc1ccccc1.[V]. The van der Waals surface area contributed by atoms with Gasteiger partial charge in [-0.2, -0.15) is 0 Å². The Hall–Kier alpha value is -4.54. The predicted molar refractivity (Wildman–Crippen MR) is 197 cm³/mol. The summed E-state index contributed by atoms with van der Waals surface area (Å²) in [6.45, 7) is 26.5. The number of hydrogen-bond donors (Lipinski definition) is 0. The fraction of sp³-hybridized carbons (Fsp3) is 0.400. The van der Waals surface area contributed by atoms with Crippen LogP contribution >= 0.6 is 0 Å². The third-order valence-corrected chi connectivity index (χ3v) is 6.31. The first-order chi connectivity index (χ1) is 23.8. The third-order valence-electron chi connectivity index (χ3n) is 6.31. The number of para-hydroxylation sites is 2. The molecule has 1 atom stereocenters. The minimum Gasteiger partial charge on any atom is -0.490 e. The van der Waals surface area contributed by atoms with Crippen LogP contribution in [-0.2, 0) is 56.7 Å². The summed E-state index contributed by atoms with van der Waals surface area (Å²) >= 11 is 0. The number of carbonyl (C=O) groups is 4. The first kappa shape index (κ1) is 50.8. The van der Waals surface area contributed by atoms with Crippen molar-refractivity contribution >= 4 is 23.9 Å². The second-order valence-corrected chi connectivity index (χ2v) is 11.0. The fourth-order valence-corrected chi connectivity index (χ4v) is 2.74. The number of esters is 4. The molecule has 0 spiro atoms. The van der Waals surface area contributed by atoms with Crippen LogP contribution in [0.3, 0.4) is 0 Å². The molecule has 0 fully saturated rings. The van der Waals surface area contributed by atoms with E-state index in [1.54, 1.807) is 13.0 Å². The van der Waals surface area contributed by atoms with Crippen molar-refractivity contribution in [2.75, 3.05) is 39.6 Å². The molecule has 2 aromatic carbocycles. The molecule has 0 bridgehead atoms. The van der Waals surface area contributed by atoms with E-state index in [0.717, 1.165) is 30.4 Å². The van der Waals surface area contributed by atoms with Crippen molar-refractivity contribution in [2.45, 2.75) is 54.4 Å². The minimum absolute atomic E-state index is 0. The second kappa shape index (κ2) is 32.7. The molecule has 10 nitrogen and oxygen atoms in total. The Morgan fingerprint density at radius 2 is 1.18 bits per heavy atom. The smallest absolute Gasteiger partial charge is 0.333 e. The van der Waals surface area contributed by atoms with Gasteiger partial charge in [0.05, 0.1) is 11.3 Å². The largest absolute Gasteiger partial charge is 0.490 e. The van der Waals surface area contributed by atoms with Crippen molar-refractivity contribution in [2.24, 2.45) is 11.3 Å². The number of hydrogen-bond acceptors (Lipinski definition) is 10. The van der Waals surface area contributed by atoms with Gasteiger partial charge >= 0.3 is 23.9 Å². The van der Waals surface area contributed by atoms with E-state index in [1.165, 1.54) is 6.08 Å². The van der Waals surface area contributed by atoms with Crippen LogP contribution in [0.1, 0.15) is 54.4 Å². The molecule has 0 amide bonds. The zero-order valence-electron chi connectivity index (χ0n) is 31.1. The van der Waals surface area contributed by atoms with E-state index in [2.05, 4.69) is 31.1 Å². The van der Waals surface area contributed by atoms with E-state index in [9.17, 15) is 19.2 Å². The fourth-order valence-electron chi connectivity index (χ4n) is 2.74. The molecule has 0 saturated heterocycles. The van der Waals surface area contributed by atoms with Crippen molar-refractivity contribution in [3.63, 3.8) is 0 Å². The topological polar surface area (TPSA) is 124 Å². The van der Waals surface area contributed by atoms with Crippen LogP contribution in [0.2, 0.25) is 0 Å². The van der Waals surface area contributed by atoms with Gasteiger partial charge in [-0.3, -0.25) is 9.59 Å². The van der Waals surface area contributed by atoms with Crippen LogP contribution in [0, 0.1) is 11.3 Å². The van der Waals surface area contributed by atoms with Crippen LogP contribution in [0.25, 0.3) is 0 Å². The molecular formula is C40H56O10V. The number of ether oxygens (including phenoxy) is 6. The predicted octanol–water partition coefficient (Wildman–Crippen LogP) is 7.89. The zero-order valence-corrected chi connectivity index (χ0v) is 32.5. The van der Waals surface area contributed by atoms with Gasteiger partial charge in [0.1, 0.15) is 51.1 Å². The average Bonchev–Trinajstić information content (AvgIpc) is 3.14. The van der Waals surface area contributed by atoms with E-state index in [-0.39, 0.29) is 61.0 Å². The van der Waals surface area contributed by atoms with Gasteiger partial charge in [0, 0.05) is 30.2 Å². The van der Waals surface area contributed by atoms with Gasteiger partial charge in [-0.25, -0.2) is 9.59 Å². The molecule has 1 radical (unpaired) electrons. The molecule has 2 rings (SSSR count). The first-order valence-corrected chi connectivity index (χ1v) is 16.3. The monoisotopic (exact) mass is 747 g/mol. The molecule has 0 aliphatic heterocycles. The van der Waals surface area contributed by atoms with Crippen LogP contribution in [-0.4, -0.2) is 63.5 Å². The molecule has 0 heterocycles. The molecule has 0 aliphatic carbocycles. The molecule has 0 saturated carbocycles. The van der Waals surface area contributed by atoms with Crippen LogP contribution in [0.5, 0.6) is 11.5 Å². The Morgan fingerprint density at radius 1 is 0.725 bits per heavy atom. The molecule has 0 N–H and O–H groups in total. The van der Waals surface area contributed by atoms with Crippen molar-refractivity contribution in [3.05, 3.63) is 111 Å². The van der Waals surface area contributed by atoms with Gasteiger partial charge < -0.3 is 28.4 Å². The average molecular weight is 748 g/mol. The summed E-state index contributed by atoms with van der Waals surface area (Å²) < 4.78 is 30.0. The summed E-state index contributed by atoms with van der Waals surface area (Å²) in [6.07, 6.45) is 5.81. The summed E-state index contributed by atoms with van der Waals surface area (Å²) in [5.74, 6) is 0.427. The molecule has 281 valence electrons. The summed E-state index contributed by atoms with van der Waals surface area (Å²) in [4.78, 5) is 43.7. The van der Waals surface area contributed by atoms with Crippen molar-refractivity contribution < 1.29 is 66.2 Å². The van der Waals surface area contributed by atoms with Gasteiger partial charge in [0.2, 0.25) is 0 Å². The van der Waals surface area contributed by atoms with Gasteiger partial charge in [-0.05, 0) is 57.9 Å². The molecule has 11 heteroatoms. The van der Waals surface area contributed by atoms with Crippen LogP contribution < -0.4 is 9.47 Å².